The normalized spacial score (nSPS) is 37.1. The Morgan fingerprint density at radius 3 is 1.53 bits per heavy atom. The topological polar surface area (TPSA) is 20.2 Å². The second-order valence-electron chi connectivity index (χ2n) is 13.2. The van der Waals surface area contributed by atoms with Crippen LogP contribution in [0.25, 0.3) is 0 Å². The van der Waals surface area contributed by atoms with Gasteiger partial charge < -0.3 is 5.02 Å². The van der Waals surface area contributed by atoms with E-state index in [0.717, 1.165) is 11.8 Å². The Balaban J connectivity index is 1.67. The summed E-state index contributed by atoms with van der Waals surface area (Å²) in [7, 11) is 0.485. The molecule has 5 saturated carbocycles. The summed E-state index contributed by atoms with van der Waals surface area (Å²) < 4.78 is 0. The second-order valence-corrected chi connectivity index (χ2v) is 13.2. The Morgan fingerprint density at radius 1 is 0.469 bits per heavy atom. The summed E-state index contributed by atoms with van der Waals surface area (Å²) in [5.74, 6) is 2.51. The van der Waals surface area contributed by atoms with E-state index < -0.39 is 0 Å². The predicted octanol–water partition coefficient (Wildman–Crippen LogP) is 8.74. The Kier molecular flexibility index (Phi) is 7.67. The van der Waals surface area contributed by atoms with Crippen LogP contribution in [-0.2, 0) is 0 Å². The third-order valence-electron chi connectivity index (χ3n) is 12.4. The van der Waals surface area contributed by atoms with E-state index in [1.807, 2.05) is 0 Å². The van der Waals surface area contributed by atoms with Gasteiger partial charge in [0.05, 0.1) is 0 Å². The van der Waals surface area contributed by atoms with E-state index in [1.165, 1.54) is 141 Å². The summed E-state index contributed by atoms with van der Waals surface area (Å²) in [4.78, 5) is 0. The van der Waals surface area contributed by atoms with Crippen LogP contribution >= 0.6 is 0 Å². The van der Waals surface area contributed by atoms with Gasteiger partial charge in [0.15, 0.2) is 0 Å². The average Bonchev–Trinajstić information content (AvgIpc) is 2.90. The Labute approximate surface area is 200 Å². The van der Waals surface area contributed by atoms with Gasteiger partial charge in [0, 0.05) is 0 Å². The Hall–Kier alpha value is 0.0249. The minimum absolute atomic E-state index is 0.454. The molecule has 2 heteroatoms. The van der Waals surface area contributed by atoms with Gasteiger partial charge in [-0.1, -0.05) is 96.3 Å². The number of hydrogen-bond acceptors (Lipinski definition) is 1. The highest BCUT2D eigenvalue weighted by molar-refractivity contribution is 6.28. The SMILES string of the molecule is OBC1CCCCC1(C1CCCCC1)C1(C2(C3CCCCC3)CCCCC2)CCCCC1. The zero-order valence-corrected chi connectivity index (χ0v) is 21.4. The molecule has 0 saturated heterocycles. The van der Waals surface area contributed by atoms with Crippen molar-refractivity contribution in [3.05, 3.63) is 0 Å². The Morgan fingerprint density at radius 2 is 0.938 bits per heavy atom. The van der Waals surface area contributed by atoms with Crippen molar-refractivity contribution in [3.63, 3.8) is 0 Å². The van der Waals surface area contributed by atoms with Crippen molar-refractivity contribution in [2.45, 2.75) is 160 Å². The molecule has 0 aliphatic heterocycles. The molecule has 0 aromatic carbocycles. The van der Waals surface area contributed by atoms with E-state index in [-0.39, 0.29) is 0 Å². The first kappa shape index (κ1) is 23.8. The van der Waals surface area contributed by atoms with Crippen LogP contribution in [0.3, 0.4) is 0 Å². The average molecular weight is 441 g/mol. The van der Waals surface area contributed by atoms with Gasteiger partial charge in [-0.2, -0.15) is 0 Å². The molecular formula is C30H53BO. The number of hydrogen-bond donors (Lipinski definition) is 1. The van der Waals surface area contributed by atoms with E-state index in [2.05, 4.69) is 0 Å². The monoisotopic (exact) mass is 440 g/mol. The largest absolute Gasteiger partial charge is 0.454 e. The van der Waals surface area contributed by atoms with Crippen LogP contribution < -0.4 is 0 Å². The molecule has 5 rings (SSSR count). The molecule has 5 aliphatic rings. The minimum atomic E-state index is 0.454. The first-order chi connectivity index (χ1) is 15.8. The molecule has 5 aliphatic carbocycles. The molecule has 2 unspecified atom stereocenters. The third-order valence-corrected chi connectivity index (χ3v) is 12.4. The van der Waals surface area contributed by atoms with Crippen molar-refractivity contribution in [1.82, 2.24) is 0 Å². The maximum absolute atomic E-state index is 11.0. The fraction of sp³-hybridized carbons (Fsp3) is 1.00. The zero-order chi connectivity index (χ0) is 21.9. The highest BCUT2D eigenvalue weighted by Crippen LogP contribution is 2.76. The van der Waals surface area contributed by atoms with Gasteiger partial charge in [0.2, 0.25) is 0 Å². The van der Waals surface area contributed by atoms with E-state index in [1.54, 1.807) is 12.8 Å². The maximum atomic E-state index is 11.0. The predicted molar refractivity (Wildman–Crippen MR) is 138 cm³/mol. The minimum Gasteiger partial charge on any atom is -0.454 e. The summed E-state index contributed by atoms with van der Waals surface area (Å²) in [5, 5.41) is 11.0. The van der Waals surface area contributed by atoms with Gasteiger partial charge in [0.25, 0.3) is 7.48 Å². The molecule has 0 radical (unpaired) electrons. The van der Waals surface area contributed by atoms with Crippen molar-refractivity contribution in [3.8, 4) is 0 Å². The summed E-state index contributed by atoms with van der Waals surface area (Å²) in [6.45, 7) is 0. The lowest BCUT2D eigenvalue weighted by Crippen LogP contribution is -2.63. The lowest BCUT2D eigenvalue weighted by molar-refractivity contribution is -0.206. The molecule has 0 spiro atoms. The van der Waals surface area contributed by atoms with Crippen LogP contribution in [0.1, 0.15) is 154 Å². The smallest absolute Gasteiger partial charge is 0.274 e. The Bertz CT molecular complexity index is 578. The highest BCUT2D eigenvalue weighted by Gasteiger charge is 2.67. The van der Waals surface area contributed by atoms with Gasteiger partial charge in [-0.25, -0.2) is 0 Å². The summed E-state index contributed by atoms with van der Waals surface area (Å²) in [6.07, 6.45) is 35.7. The molecule has 0 bridgehead atoms. The van der Waals surface area contributed by atoms with E-state index in [4.69, 9.17) is 0 Å². The second kappa shape index (κ2) is 10.3. The van der Waals surface area contributed by atoms with Gasteiger partial charge in [0.1, 0.15) is 0 Å². The fourth-order valence-electron chi connectivity index (χ4n) is 11.4. The van der Waals surface area contributed by atoms with E-state index in [0.29, 0.717) is 29.5 Å². The molecule has 5 fully saturated rings. The van der Waals surface area contributed by atoms with Crippen LogP contribution in [0.5, 0.6) is 0 Å². The summed E-state index contributed by atoms with van der Waals surface area (Å²) in [6, 6.07) is 0. The van der Waals surface area contributed by atoms with Gasteiger partial charge >= 0.3 is 0 Å². The summed E-state index contributed by atoms with van der Waals surface area (Å²) in [5.41, 5.74) is 1.60. The molecule has 0 aromatic rings. The van der Waals surface area contributed by atoms with Crippen molar-refractivity contribution in [2.75, 3.05) is 0 Å². The van der Waals surface area contributed by atoms with Crippen molar-refractivity contribution < 1.29 is 5.02 Å². The van der Waals surface area contributed by atoms with Crippen molar-refractivity contribution >= 4 is 7.48 Å². The molecule has 0 heterocycles. The third kappa shape index (κ3) is 3.76. The van der Waals surface area contributed by atoms with Crippen LogP contribution in [0.15, 0.2) is 0 Å². The summed E-state index contributed by atoms with van der Waals surface area (Å²) >= 11 is 0. The molecule has 0 aromatic heterocycles. The molecular weight excluding hydrogens is 387 g/mol. The quantitative estimate of drug-likeness (QED) is 0.424. The lowest BCUT2D eigenvalue weighted by Gasteiger charge is -2.71. The molecule has 0 amide bonds. The number of rotatable bonds is 5. The van der Waals surface area contributed by atoms with E-state index in [9.17, 15) is 5.02 Å². The van der Waals surface area contributed by atoms with E-state index >= 15 is 0 Å². The molecule has 2 atom stereocenters. The standard InChI is InChI=1S/C30H53BO/c32-31-27-19-9-14-24-30(27,26-17-7-2-8-18-26)29(22-12-4-13-23-29)28(20-10-3-11-21-28)25-15-5-1-6-16-25/h25-27,31-32H,1-24H2. The maximum Gasteiger partial charge on any atom is 0.274 e. The van der Waals surface area contributed by atoms with Crippen LogP contribution in [0, 0.1) is 28.1 Å². The first-order valence-electron chi connectivity index (χ1n) is 15.4. The van der Waals surface area contributed by atoms with Gasteiger partial charge in [-0.05, 0) is 91.7 Å². The fourth-order valence-corrected chi connectivity index (χ4v) is 11.4. The highest BCUT2D eigenvalue weighted by atomic mass is 16.2. The lowest BCUT2D eigenvalue weighted by atomic mass is 9.31. The molecule has 182 valence electrons. The van der Waals surface area contributed by atoms with Gasteiger partial charge in [-0.15, -0.1) is 0 Å². The van der Waals surface area contributed by atoms with Gasteiger partial charge in [-0.3, -0.25) is 0 Å². The zero-order valence-electron chi connectivity index (χ0n) is 21.4. The van der Waals surface area contributed by atoms with Crippen LogP contribution in [0.2, 0.25) is 5.82 Å². The molecule has 1 nitrogen and oxygen atoms in total. The van der Waals surface area contributed by atoms with Crippen molar-refractivity contribution in [2.24, 2.45) is 28.1 Å². The van der Waals surface area contributed by atoms with Crippen molar-refractivity contribution in [1.29, 1.82) is 0 Å². The molecule has 1 N–H and O–H groups in total. The first-order valence-corrected chi connectivity index (χ1v) is 15.4. The van der Waals surface area contributed by atoms with Crippen LogP contribution in [0.4, 0.5) is 0 Å². The molecule has 32 heavy (non-hydrogen) atoms. The van der Waals surface area contributed by atoms with Crippen LogP contribution in [-0.4, -0.2) is 12.5 Å².